The van der Waals surface area contributed by atoms with E-state index in [0.717, 1.165) is 6.42 Å². The molecule has 0 saturated carbocycles. The molecule has 0 unspecified atom stereocenters. The summed E-state index contributed by atoms with van der Waals surface area (Å²) in [4.78, 5) is 11.7. The van der Waals surface area contributed by atoms with Crippen LogP contribution in [-0.4, -0.2) is 25.5 Å². The summed E-state index contributed by atoms with van der Waals surface area (Å²) >= 11 is 0. The molecule has 3 heteroatoms. The monoisotopic (exact) mass is 262 g/mol. The quantitative estimate of drug-likeness (QED) is 0.826. The Morgan fingerprint density at radius 3 is 2.53 bits per heavy atom. The molecule has 0 aliphatic heterocycles. The molecule has 1 rings (SSSR count). The Kier molecular flexibility index (Phi) is 5.55. The molecule has 1 aromatic carbocycles. The molecule has 0 bridgehead atoms. The number of carbonyl (C=O) groups excluding carboxylic acids is 1. The van der Waals surface area contributed by atoms with Gasteiger partial charge in [0.05, 0.1) is 5.41 Å². The Balaban J connectivity index is 2.51. The van der Waals surface area contributed by atoms with Gasteiger partial charge in [0.15, 0.2) is 0 Å². The first kappa shape index (κ1) is 15.7. The van der Waals surface area contributed by atoms with Crippen molar-refractivity contribution in [2.45, 2.75) is 40.2 Å². The van der Waals surface area contributed by atoms with E-state index in [2.05, 4.69) is 48.7 Å². The van der Waals surface area contributed by atoms with Crippen molar-refractivity contribution in [3.05, 3.63) is 35.4 Å². The van der Waals surface area contributed by atoms with Crippen molar-refractivity contribution in [1.29, 1.82) is 0 Å². The van der Waals surface area contributed by atoms with Crippen LogP contribution in [0.1, 0.15) is 31.9 Å². The molecule has 1 aromatic rings. The maximum Gasteiger partial charge on any atom is 0.226 e. The van der Waals surface area contributed by atoms with Gasteiger partial charge >= 0.3 is 0 Å². The molecule has 2 N–H and O–H groups in total. The van der Waals surface area contributed by atoms with Crippen LogP contribution in [0.4, 0.5) is 0 Å². The van der Waals surface area contributed by atoms with Crippen LogP contribution in [0.15, 0.2) is 24.3 Å². The Morgan fingerprint density at radius 2 is 1.95 bits per heavy atom. The molecule has 0 radical (unpaired) electrons. The first-order valence-electron chi connectivity index (χ1n) is 6.87. The van der Waals surface area contributed by atoms with Crippen LogP contribution in [0.25, 0.3) is 0 Å². The fraction of sp³-hybridized carbons (Fsp3) is 0.562. The van der Waals surface area contributed by atoms with Crippen LogP contribution in [0, 0.1) is 12.3 Å². The van der Waals surface area contributed by atoms with E-state index in [1.54, 1.807) is 7.05 Å². The van der Waals surface area contributed by atoms with Gasteiger partial charge < -0.3 is 10.6 Å². The largest absolute Gasteiger partial charge is 0.359 e. The maximum atomic E-state index is 11.7. The molecule has 0 aliphatic rings. The lowest BCUT2D eigenvalue weighted by molar-refractivity contribution is -0.128. The smallest absolute Gasteiger partial charge is 0.226 e. The Bertz CT molecular complexity index is 427. The first-order valence-corrected chi connectivity index (χ1v) is 6.87. The van der Waals surface area contributed by atoms with E-state index in [1.165, 1.54) is 11.1 Å². The summed E-state index contributed by atoms with van der Waals surface area (Å²) in [6.07, 6.45) is 0.983. The van der Waals surface area contributed by atoms with Gasteiger partial charge in [-0.15, -0.1) is 0 Å². The van der Waals surface area contributed by atoms with Crippen LogP contribution in [0.5, 0.6) is 0 Å². The van der Waals surface area contributed by atoms with Gasteiger partial charge in [-0.3, -0.25) is 4.79 Å². The van der Waals surface area contributed by atoms with Crippen LogP contribution in [0.3, 0.4) is 0 Å². The van der Waals surface area contributed by atoms with E-state index in [0.29, 0.717) is 12.6 Å². The van der Waals surface area contributed by atoms with Gasteiger partial charge in [-0.2, -0.15) is 0 Å². The number of hydrogen-bond acceptors (Lipinski definition) is 2. The van der Waals surface area contributed by atoms with Crippen molar-refractivity contribution < 1.29 is 4.79 Å². The van der Waals surface area contributed by atoms with E-state index < -0.39 is 0 Å². The molecular weight excluding hydrogens is 236 g/mol. The van der Waals surface area contributed by atoms with Crippen molar-refractivity contribution in [3.8, 4) is 0 Å². The highest BCUT2D eigenvalue weighted by atomic mass is 16.2. The third-order valence-electron chi connectivity index (χ3n) is 3.52. The zero-order valence-electron chi connectivity index (χ0n) is 12.7. The number of aryl methyl sites for hydroxylation is 1. The highest BCUT2D eigenvalue weighted by Gasteiger charge is 2.26. The second-order valence-electron chi connectivity index (χ2n) is 5.88. The van der Waals surface area contributed by atoms with E-state index in [-0.39, 0.29) is 11.3 Å². The van der Waals surface area contributed by atoms with Crippen LogP contribution >= 0.6 is 0 Å². The predicted octanol–water partition coefficient (Wildman–Crippen LogP) is 2.29. The normalized spacial score (nSPS) is 13.1. The molecule has 0 aromatic heterocycles. The maximum absolute atomic E-state index is 11.7. The minimum Gasteiger partial charge on any atom is -0.359 e. The van der Waals surface area contributed by atoms with E-state index in [9.17, 15) is 4.79 Å². The molecule has 0 heterocycles. The summed E-state index contributed by atoms with van der Waals surface area (Å²) < 4.78 is 0. The highest BCUT2D eigenvalue weighted by Crippen LogP contribution is 2.15. The van der Waals surface area contributed by atoms with Crippen LogP contribution in [-0.2, 0) is 11.2 Å². The molecule has 0 fully saturated rings. The number of rotatable bonds is 6. The summed E-state index contributed by atoms with van der Waals surface area (Å²) in [5.74, 6) is 0.0723. The third-order valence-corrected chi connectivity index (χ3v) is 3.52. The van der Waals surface area contributed by atoms with Gasteiger partial charge in [0.2, 0.25) is 5.91 Å². The molecule has 0 aliphatic carbocycles. The van der Waals surface area contributed by atoms with Gasteiger partial charge in [-0.25, -0.2) is 0 Å². The summed E-state index contributed by atoms with van der Waals surface area (Å²) in [6, 6.07) is 8.79. The molecule has 0 saturated heterocycles. The van der Waals surface area contributed by atoms with Crippen molar-refractivity contribution in [1.82, 2.24) is 10.6 Å². The van der Waals surface area contributed by atoms with Crippen molar-refractivity contribution >= 4 is 5.91 Å². The summed E-state index contributed by atoms with van der Waals surface area (Å²) in [7, 11) is 1.68. The summed E-state index contributed by atoms with van der Waals surface area (Å²) in [6.45, 7) is 8.89. The number of nitrogens with one attached hydrogen (secondary N) is 2. The second-order valence-corrected chi connectivity index (χ2v) is 5.88. The number of carbonyl (C=O) groups is 1. The van der Waals surface area contributed by atoms with Crippen molar-refractivity contribution in [2.24, 2.45) is 5.41 Å². The molecule has 1 amide bonds. The molecule has 0 spiro atoms. The van der Waals surface area contributed by atoms with Crippen molar-refractivity contribution in [2.75, 3.05) is 13.6 Å². The van der Waals surface area contributed by atoms with E-state index >= 15 is 0 Å². The number of hydrogen-bond donors (Lipinski definition) is 2. The van der Waals surface area contributed by atoms with Gasteiger partial charge in [0, 0.05) is 19.6 Å². The topological polar surface area (TPSA) is 41.1 Å². The van der Waals surface area contributed by atoms with Crippen molar-refractivity contribution in [3.63, 3.8) is 0 Å². The predicted molar refractivity (Wildman–Crippen MR) is 80.2 cm³/mol. The minimum absolute atomic E-state index is 0.0723. The number of amides is 1. The summed E-state index contributed by atoms with van der Waals surface area (Å²) in [5, 5.41) is 6.16. The van der Waals surface area contributed by atoms with Gasteiger partial charge in [0.25, 0.3) is 0 Å². The first-order chi connectivity index (χ1) is 8.86. The fourth-order valence-electron chi connectivity index (χ4n) is 2.09. The lowest BCUT2D eigenvalue weighted by Gasteiger charge is -2.25. The van der Waals surface area contributed by atoms with E-state index in [4.69, 9.17) is 0 Å². The third kappa shape index (κ3) is 4.67. The molecule has 3 nitrogen and oxygen atoms in total. The molecule has 19 heavy (non-hydrogen) atoms. The second kappa shape index (κ2) is 6.71. The lowest BCUT2D eigenvalue weighted by Crippen LogP contribution is -2.44. The van der Waals surface area contributed by atoms with Crippen LogP contribution < -0.4 is 10.6 Å². The fourth-order valence-corrected chi connectivity index (χ4v) is 2.09. The lowest BCUT2D eigenvalue weighted by atomic mass is 9.91. The average molecular weight is 262 g/mol. The standard InChI is InChI=1S/C16H26N2O/c1-12-8-6-7-9-14(12)10-13(2)18-11-16(3,4)15(19)17-5/h6-9,13,18H,10-11H2,1-5H3,(H,17,19)/t13-/m1/s1. The van der Waals surface area contributed by atoms with Gasteiger partial charge in [0.1, 0.15) is 0 Å². The summed E-state index contributed by atoms with van der Waals surface area (Å²) in [5.41, 5.74) is 2.30. The molecule has 106 valence electrons. The zero-order valence-corrected chi connectivity index (χ0v) is 12.7. The Morgan fingerprint density at radius 1 is 1.32 bits per heavy atom. The Hall–Kier alpha value is -1.35. The van der Waals surface area contributed by atoms with Gasteiger partial charge in [-0.1, -0.05) is 24.3 Å². The number of benzene rings is 1. The SMILES string of the molecule is CNC(=O)C(C)(C)CN[C@H](C)Cc1ccccc1C. The molecular formula is C16H26N2O. The molecule has 1 atom stereocenters. The minimum atomic E-state index is -0.380. The van der Waals surface area contributed by atoms with Crippen LogP contribution in [0.2, 0.25) is 0 Å². The van der Waals surface area contributed by atoms with Gasteiger partial charge in [-0.05, 0) is 45.2 Å². The zero-order chi connectivity index (χ0) is 14.5. The average Bonchev–Trinajstić information content (AvgIpc) is 2.38. The van der Waals surface area contributed by atoms with E-state index in [1.807, 2.05) is 13.8 Å². The Labute approximate surface area is 116 Å². The highest BCUT2D eigenvalue weighted by molar-refractivity contribution is 5.81.